The molecule has 0 aliphatic carbocycles. The summed E-state index contributed by atoms with van der Waals surface area (Å²) in [6.45, 7) is 17.6. The van der Waals surface area contributed by atoms with Gasteiger partial charge >= 0.3 is 0 Å². The number of methoxy groups -OCH3 is 1. The molecule has 3 aromatic carbocycles. The molecule has 4 nitrogen and oxygen atoms in total. The second kappa shape index (κ2) is 10.5. The molecule has 3 aromatic rings. The van der Waals surface area contributed by atoms with Crippen LogP contribution in [0, 0.1) is 20.1 Å². The molecule has 31 heavy (non-hydrogen) atoms. The standard InChI is InChI=1S/C27H22N2O2/c1-20-5-7-23(8-6-20)19-31-25-15-11-22(12-16-25)18-27(29-3)26(28-2)17-21-9-13-24(30-4)14-10-21/h5-18H,19H2,1,4H3. The van der Waals surface area contributed by atoms with Crippen LogP contribution in [0.3, 0.4) is 0 Å². The first-order chi connectivity index (χ1) is 15.1. The summed E-state index contributed by atoms with van der Waals surface area (Å²) in [4.78, 5) is 7.12. The van der Waals surface area contributed by atoms with E-state index in [1.54, 1.807) is 19.3 Å². The van der Waals surface area contributed by atoms with E-state index in [-0.39, 0.29) is 0 Å². The first-order valence-corrected chi connectivity index (χ1v) is 9.72. The van der Waals surface area contributed by atoms with Gasteiger partial charge in [0.2, 0.25) is 0 Å². The van der Waals surface area contributed by atoms with E-state index >= 15 is 0 Å². The highest BCUT2D eigenvalue weighted by Crippen LogP contribution is 2.23. The summed E-state index contributed by atoms with van der Waals surface area (Å²) < 4.78 is 11.0. The number of hydrogen-bond acceptors (Lipinski definition) is 2. The van der Waals surface area contributed by atoms with Gasteiger partial charge < -0.3 is 9.47 Å². The number of ether oxygens (including phenoxy) is 2. The summed E-state index contributed by atoms with van der Waals surface area (Å²) in [5.74, 6) is 1.49. The predicted molar refractivity (Wildman–Crippen MR) is 124 cm³/mol. The average Bonchev–Trinajstić information content (AvgIpc) is 2.82. The molecule has 0 N–H and O–H groups in total. The monoisotopic (exact) mass is 406 g/mol. The van der Waals surface area contributed by atoms with Crippen LogP contribution in [-0.4, -0.2) is 7.11 Å². The molecule has 152 valence electrons. The molecule has 0 aromatic heterocycles. The molecular formula is C27H22N2O2. The summed E-state index contributed by atoms with van der Waals surface area (Å²) in [5.41, 5.74) is 4.57. The Kier molecular flexibility index (Phi) is 7.25. The topological polar surface area (TPSA) is 27.2 Å². The minimum absolute atomic E-state index is 0.291. The lowest BCUT2D eigenvalue weighted by atomic mass is 10.1. The lowest BCUT2D eigenvalue weighted by Crippen LogP contribution is -1.95. The Morgan fingerprint density at radius 2 is 1.23 bits per heavy atom. The quantitative estimate of drug-likeness (QED) is 0.319. The summed E-state index contributed by atoms with van der Waals surface area (Å²) in [5, 5.41) is 0. The van der Waals surface area contributed by atoms with Crippen LogP contribution in [0.1, 0.15) is 22.3 Å². The van der Waals surface area contributed by atoms with Gasteiger partial charge in [0.05, 0.1) is 20.3 Å². The summed E-state index contributed by atoms with van der Waals surface area (Å²) in [7, 11) is 1.61. The third kappa shape index (κ3) is 6.10. The van der Waals surface area contributed by atoms with Gasteiger partial charge in [0.15, 0.2) is 11.4 Å². The molecule has 0 aliphatic heterocycles. The molecule has 0 fully saturated rings. The molecule has 0 atom stereocenters. The molecule has 0 bridgehead atoms. The molecule has 4 heteroatoms. The Bertz CT molecular complexity index is 1160. The lowest BCUT2D eigenvalue weighted by molar-refractivity contribution is 0.306. The van der Waals surface area contributed by atoms with Crippen LogP contribution in [0.5, 0.6) is 11.5 Å². The van der Waals surface area contributed by atoms with Crippen LogP contribution in [0.4, 0.5) is 0 Å². The zero-order valence-electron chi connectivity index (χ0n) is 17.5. The van der Waals surface area contributed by atoms with Gasteiger partial charge in [-0.25, -0.2) is 0 Å². The van der Waals surface area contributed by atoms with Gasteiger partial charge in [-0.2, -0.15) is 0 Å². The lowest BCUT2D eigenvalue weighted by Gasteiger charge is -2.07. The van der Waals surface area contributed by atoms with Crippen molar-refractivity contribution in [2.45, 2.75) is 13.5 Å². The van der Waals surface area contributed by atoms with Gasteiger partial charge in [-0.15, -0.1) is 0 Å². The molecule has 0 aliphatic rings. The van der Waals surface area contributed by atoms with Crippen molar-refractivity contribution >= 4 is 12.2 Å². The molecule has 0 heterocycles. The third-order valence-corrected chi connectivity index (χ3v) is 4.63. The van der Waals surface area contributed by atoms with Gasteiger partial charge in [0, 0.05) is 0 Å². The van der Waals surface area contributed by atoms with E-state index in [1.165, 1.54) is 5.56 Å². The van der Waals surface area contributed by atoms with Gasteiger partial charge in [-0.3, -0.25) is 9.69 Å². The first kappa shape index (κ1) is 21.4. The van der Waals surface area contributed by atoms with E-state index in [0.29, 0.717) is 18.0 Å². The highest BCUT2D eigenvalue weighted by molar-refractivity contribution is 5.70. The zero-order chi connectivity index (χ0) is 22.1. The van der Waals surface area contributed by atoms with Crippen molar-refractivity contribution in [2.75, 3.05) is 7.11 Å². The van der Waals surface area contributed by atoms with E-state index in [9.17, 15) is 0 Å². The van der Waals surface area contributed by atoms with Crippen LogP contribution in [0.15, 0.2) is 84.2 Å². The van der Waals surface area contributed by atoms with Crippen molar-refractivity contribution in [1.29, 1.82) is 0 Å². The normalized spacial score (nSPS) is 11.4. The number of benzene rings is 3. The van der Waals surface area contributed by atoms with E-state index < -0.39 is 0 Å². The predicted octanol–water partition coefficient (Wildman–Crippen LogP) is 6.80. The minimum atomic E-state index is 0.291. The number of aryl methyl sites for hydroxylation is 1. The van der Waals surface area contributed by atoms with Crippen molar-refractivity contribution in [3.8, 4) is 11.5 Å². The van der Waals surface area contributed by atoms with Crippen LogP contribution in [0.2, 0.25) is 0 Å². The van der Waals surface area contributed by atoms with E-state index in [2.05, 4.69) is 40.9 Å². The Labute approximate surface area is 183 Å². The fraction of sp³-hybridized carbons (Fsp3) is 0.111. The van der Waals surface area contributed by atoms with Crippen molar-refractivity contribution in [1.82, 2.24) is 0 Å². The Morgan fingerprint density at radius 3 is 1.68 bits per heavy atom. The highest BCUT2D eigenvalue weighted by Gasteiger charge is 2.07. The highest BCUT2D eigenvalue weighted by atomic mass is 16.5. The maximum Gasteiger partial charge on any atom is 0.195 e. The number of rotatable bonds is 7. The molecule has 0 spiro atoms. The van der Waals surface area contributed by atoms with Crippen molar-refractivity contribution in [3.63, 3.8) is 0 Å². The fourth-order valence-electron chi connectivity index (χ4n) is 2.85. The fourth-order valence-corrected chi connectivity index (χ4v) is 2.85. The Morgan fingerprint density at radius 1 is 0.742 bits per heavy atom. The largest absolute Gasteiger partial charge is 0.497 e. The van der Waals surface area contributed by atoms with Gasteiger partial charge in [-0.1, -0.05) is 66.2 Å². The van der Waals surface area contributed by atoms with E-state index in [4.69, 9.17) is 22.6 Å². The molecule has 3 rings (SSSR count). The molecule has 0 saturated carbocycles. The third-order valence-electron chi connectivity index (χ3n) is 4.63. The Balaban J connectivity index is 1.73. The first-order valence-electron chi connectivity index (χ1n) is 9.72. The van der Waals surface area contributed by atoms with Crippen molar-refractivity contribution in [2.24, 2.45) is 0 Å². The molecule has 0 amide bonds. The molecular weight excluding hydrogens is 384 g/mol. The summed E-state index contributed by atoms with van der Waals surface area (Å²) in [6.07, 6.45) is 3.42. The van der Waals surface area contributed by atoms with E-state index in [1.807, 2.05) is 48.5 Å². The van der Waals surface area contributed by atoms with E-state index in [0.717, 1.165) is 28.2 Å². The average molecular weight is 406 g/mol. The summed E-state index contributed by atoms with van der Waals surface area (Å²) in [6, 6.07) is 23.1. The molecule has 0 saturated heterocycles. The van der Waals surface area contributed by atoms with Crippen LogP contribution >= 0.6 is 0 Å². The van der Waals surface area contributed by atoms with Crippen LogP contribution in [-0.2, 0) is 6.61 Å². The maximum atomic E-state index is 7.52. The number of nitrogens with zero attached hydrogens (tertiary/aromatic N) is 2. The van der Waals surface area contributed by atoms with Gasteiger partial charge in [0.25, 0.3) is 0 Å². The van der Waals surface area contributed by atoms with Gasteiger partial charge in [-0.05, 0) is 47.9 Å². The minimum Gasteiger partial charge on any atom is -0.497 e. The molecule has 0 radical (unpaired) electrons. The second-order valence-electron chi connectivity index (χ2n) is 6.90. The summed E-state index contributed by atoms with van der Waals surface area (Å²) >= 11 is 0. The van der Waals surface area contributed by atoms with Crippen LogP contribution in [0.25, 0.3) is 21.8 Å². The number of hydrogen-bond donors (Lipinski definition) is 0. The second-order valence-corrected chi connectivity index (χ2v) is 6.90. The van der Waals surface area contributed by atoms with Crippen molar-refractivity contribution in [3.05, 3.63) is 129 Å². The zero-order valence-corrected chi connectivity index (χ0v) is 17.5. The smallest absolute Gasteiger partial charge is 0.195 e. The van der Waals surface area contributed by atoms with Gasteiger partial charge in [0.1, 0.15) is 18.1 Å². The Hall–Kier alpha value is -4.28. The SMILES string of the molecule is [C-]#[N+]C(=Cc1ccc(OC)cc1)C(=Cc1ccc(OCc2ccc(C)cc2)cc1)[N+]#[C-]. The van der Waals surface area contributed by atoms with Crippen molar-refractivity contribution < 1.29 is 9.47 Å². The maximum absolute atomic E-state index is 7.52. The van der Waals surface area contributed by atoms with Crippen LogP contribution < -0.4 is 9.47 Å². The molecule has 0 unspecified atom stereocenters.